The molecule has 0 aliphatic heterocycles. The summed E-state index contributed by atoms with van der Waals surface area (Å²) >= 11 is 6.11. The number of ether oxygens (including phenoxy) is 1. The van der Waals surface area contributed by atoms with Crippen molar-refractivity contribution in [3.8, 4) is 5.75 Å². The van der Waals surface area contributed by atoms with E-state index in [1.54, 1.807) is 31.4 Å². The standard InChI is InChI=1S/C17H21ClN4O2/c1-10-8-13(15(23)22-17(2,3)4)21-16(19-10)20-11-6-7-14(24-5)12(18)9-11/h6-9H,1-5H3,(H,22,23)(H,19,20,21). The first-order valence-electron chi connectivity index (χ1n) is 7.47. The second kappa shape index (κ2) is 7.05. The minimum absolute atomic E-state index is 0.246. The number of amides is 1. The van der Waals surface area contributed by atoms with Crippen molar-refractivity contribution in [2.75, 3.05) is 12.4 Å². The van der Waals surface area contributed by atoms with Gasteiger partial charge in [-0.3, -0.25) is 4.79 Å². The quantitative estimate of drug-likeness (QED) is 0.880. The van der Waals surface area contributed by atoms with Gasteiger partial charge in [-0.15, -0.1) is 0 Å². The summed E-state index contributed by atoms with van der Waals surface area (Å²) < 4.78 is 5.12. The molecule has 0 radical (unpaired) electrons. The third-order valence-corrected chi connectivity index (χ3v) is 3.28. The maximum absolute atomic E-state index is 12.3. The van der Waals surface area contributed by atoms with Crippen LogP contribution in [0.5, 0.6) is 5.75 Å². The molecule has 24 heavy (non-hydrogen) atoms. The number of anilines is 2. The number of nitrogens with one attached hydrogen (secondary N) is 2. The molecule has 2 N–H and O–H groups in total. The second-order valence-corrected chi connectivity index (χ2v) is 6.80. The molecule has 0 atom stereocenters. The molecule has 6 nitrogen and oxygen atoms in total. The summed E-state index contributed by atoms with van der Waals surface area (Å²) in [6, 6.07) is 6.90. The molecule has 0 spiro atoms. The molecule has 0 saturated carbocycles. The van der Waals surface area contributed by atoms with Gasteiger partial charge in [-0.05, 0) is 52.0 Å². The molecule has 1 amide bonds. The first kappa shape index (κ1) is 18.0. The van der Waals surface area contributed by atoms with Gasteiger partial charge >= 0.3 is 0 Å². The zero-order valence-electron chi connectivity index (χ0n) is 14.4. The smallest absolute Gasteiger partial charge is 0.270 e. The van der Waals surface area contributed by atoms with Crippen LogP contribution in [-0.4, -0.2) is 28.5 Å². The van der Waals surface area contributed by atoms with Crippen LogP contribution in [0.3, 0.4) is 0 Å². The van der Waals surface area contributed by atoms with E-state index in [1.807, 2.05) is 27.7 Å². The zero-order chi connectivity index (χ0) is 17.9. The summed E-state index contributed by atoms with van der Waals surface area (Å²) in [5.74, 6) is 0.664. The van der Waals surface area contributed by atoms with Crippen molar-refractivity contribution in [2.45, 2.75) is 33.2 Å². The molecule has 1 aromatic carbocycles. The average molecular weight is 349 g/mol. The van der Waals surface area contributed by atoms with Gasteiger partial charge in [0.05, 0.1) is 12.1 Å². The predicted molar refractivity (Wildman–Crippen MR) is 95.3 cm³/mol. The van der Waals surface area contributed by atoms with Crippen LogP contribution in [0, 0.1) is 6.92 Å². The van der Waals surface area contributed by atoms with E-state index in [0.717, 1.165) is 0 Å². The Bertz CT molecular complexity index is 757. The molecule has 1 aromatic heterocycles. The zero-order valence-corrected chi connectivity index (χ0v) is 15.2. The summed E-state index contributed by atoms with van der Waals surface area (Å²) in [6.07, 6.45) is 0. The van der Waals surface area contributed by atoms with Crippen molar-refractivity contribution < 1.29 is 9.53 Å². The van der Waals surface area contributed by atoms with Gasteiger partial charge in [0.25, 0.3) is 5.91 Å². The van der Waals surface area contributed by atoms with Gasteiger partial charge in [-0.25, -0.2) is 9.97 Å². The van der Waals surface area contributed by atoms with Crippen molar-refractivity contribution in [3.63, 3.8) is 0 Å². The fourth-order valence-electron chi connectivity index (χ4n) is 2.02. The Morgan fingerprint density at radius 1 is 1.21 bits per heavy atom. The van der Waals surface area contributed by atoms with Gasteiger partial charge in [0, 0.05) is 16.9 Å². The van der Waals surface area contributed by atoms with E-state index < -0.39 is 0 Å². The second-order valence-electron chi connectivity index (χ2n) is 6.40. The van der Waals surface area contributed by atoms with Crippen molar-refractivity contribution >= 4 is 29.1 Å². The molecule has 0 aliphatic rings. The number of nitrogens with zero attached hydrogens (tertiary/aromatic N) is 2. The minimum atomic E-state index is -0.340. The molecule has 0 bridgehead atoms. The van der Waals surface area contributed by atoms with Crippen molar-refractivity contribution in [2.24, 2.45) is 0 Å². The first-order valence-corrected chi connectivity index (χ1v) is 7.84. The lowest BCUT2D eigenvalue weighted by molar-refractivity contribution is 0.0914. The molecule has 1 heterocycles. The monoisotopic (exact) mass is 348 g/mol. The highest BCUT2D eigenvalue weighted by molar-refractivity contribution is 6.32. The van der Waals surface area contributed by atoms with Crippen LogP contribution >= 0.6 is 11.6 Å². The molecule has 2 rings (SSSR count). The first-order chi connectivity index (χ1) is 11.2. The number of hydrogen-bond donors (Lipinski definition) is 2. The van der Waals surface area contributed by atoms with E-state index in [4.69, 9.17) is 16.3 Å². The van der Waals surface area contributed by atoms with Gasteiger partial charge in [-0.2, -0.15) is 0 Å². The summed E-state index contributed by atoms with van der Waals surface area (Å²) in [5, 5.41) is 6.41. The number of benzene rings is 1. The topological polar surface area (TPSA) is 76.1 Å². The van der Waals surface area contributed by atoms with Gasteiger partial charge in [0.2, 0.25) is 5.95 Å². The Balaban J connectivity index is 2.25. The highest BCUT2D eigenvalue weighted by atomic mass is 35.5. The number of rotatable bonds is 4. The van der Waals surface area contributed by atoms with Crippen LogP contribution in [0.1, 0.15) is 37.0 Å². The van der Waals surface area contributed by atoms with Crippen LogP contribution in [0.4, 0.5) is 11.6 Å². The lowest BCUT2D eigenvalue weighted by Crippen LogP contribution is -2.41. The SMILES string of the molecule is COc1ccc(Nc2nc(C)cc(C(=O)NC(C)(C)C)n2)cc1Cl. The van der Waals surface area contributed by atoms with Crippen molar-refractivity contribution in [1.29, 1.82) is 0 Å². The van der Waals surface area contributed by atoms with Crippen LogP contribution in [-0.2, 0) is 0 Å². The number of carbonyl (C=O) groups excluding carboxylic acids is 1. The van der Waals surface area contributed by atoms with Gasteiger partial charge < -0.3 is 15.4 Å². The number of carbonyl (C=O) groups is 1. The molecular formula is C17H21ClN4O2. The molecule has 0 fully saturated rings. The number of halogens is 1. The summed E-state index contributed by atoms with van der Waals surface area (Å²) in [6.45, 7) is 7.55. The van der Waals surface area contributed by atoms with Crippen molar-refractivity contribution in [3.05, 3.63) is 40.7 Å². The minimum Gasteiger partial charge on any atom is -0.495 e. The third-order valence-electron chi connectivity index (χ3n) is 2.98. The molecule has 128 valence electrons. The van der Waals surface area contributed by atoms with E-state index in [-0.39, 0.29) is 11.4 Å². The summed E-state index contributed by atoms with van der Waals surface area (Å²) in [7, 11) is 1.55. The number of methoxy groups -OCH3 is 1. The fraction of sp³-hybridized carbons (Fsp3) is 0.353. The Hall–Kier alpha value is -2.34. The van der Waals surface area contributed by atoms with Crippen molar-refractivity contribution in [1.82, 2.24) is 15.3 Å². The molecular weight excluding hydrogens is 328 g/mol. The van der Waals surface area contributed by atoms with Crippen LogP contribution in [0.25, 0.3) is 0 Å². The van der Waals surface area contributed by atoms with Crippen LogP contribution in [0.2, 0.25) is 5.02 Å². The lowest BCUT2D eigenvalue weighted by atomic mass is 10.1. The molecule has 7 heteroatoms. The van der Waals surface area contributed by atoms with E-state index in [9.17, 15) is 4.79 Å². The van der Waals surface area contributed by atoms with E-state index in [2.05, 4.69) is 20.6 Å². The van der Waals surface area contributed by atoms with E-state index in [1.165, 1.54) is 0 Å². The predicted octanol–water partition coefficient (Wildman–Crippen LogP) is 3.72. The van der Waals surface area contributed by atoms with Gasteiger partial charge in [-0.1, -0.05) is 11.6 Å². The third kappa shape index (κ3) is 4.83. The normalized spacial score (nSPS) is 11.1. The molecule has 0 saturated heterocycles. The lowest BCUT2D eigenvalue weighted by Gasteiger charge is -2.20. The summed E-state index contributed by atoms with van der Waals surface area (Å²) in [5.41, 5.74) is 1.35. The number of hydrogen-bond acceptors (Lipinski definition) is 5. The Kier molecular flexibility index (Phi) is 5.29. The highest BCUT2D eigenvalue weighted by Crippen LogP contribution is 2.28. The maximum atomic E-state index is 12.3. The Labute approximate surface area is 146 Å². The van der Waals surface area contributed by atoms with E-state index >= 15 is 0 Å². The largest absolute Gasteiger partial charge is 0.495 e. The average Bonchev–Trinajstić information content (AvgIpc) is 2.45. The van der Waals surface area contributed by atoms with Crippen LogP contribution in [0.15, 0.2) is 24.3 Å². The maximum Gasteiger partial charge on any atom is 0.270 e. The number of aromatic nitrogens is 2. The molecule has 2 aromatic rings. The highest BCUT2D eigenvalue weighted by Gasteiger charge is 2.17. The number of aryl methyl sites for hydroxylation is 1. The van der Waals surface area contributed by atoms with E-state index in [0.29, 0.717) is 33.8 Å². The summed E-state index contributed by atoms with van der Waals surface area (Å²) in [4.78, 5) is 20.9. The van der Waals surface area contributed by atoms with Crippen LogP contribution < -0.4 is 15.4 Å². The molecule has 0 aliphatic carbocycles. The van der Waals surface area contributed by atoms with Gasteiger partial charge in [0.15, 0.2) is 0 Å². The fourth-order valence-corrected chi connectivity index (χ4v) is 2.28. The molecule has 0 unspecified atom stereocenters. The van der Waals surface area contributed by atoms with Gasteiger partial charge in [0.1, 0.15) is 11.4 Å². The Morgan fingerprint density at radius 3 is 2.50 bits per heavy atom. The Morgan fingerprint density at radius 2 is 1.92 bits per heavy atom.